The topological polar surface area (TPSA) is 49.3 Å². The second-order valence-corrected chi connectivity index (χ2v) is 3.78. The Morgan fingerprint density at radius 3 is 2.50 bits per heavy atom. The lowest BCUT2D eigenvalue weighted by atomic mass is 10.1. The third-order valence-corrected chi connectivity index (χ3v) is 2.23. The van der Waals surface area contributed by atoms with Crippen LogP contribution in [-0.4, -0.2) is 30.1 Å². The van der Waals surface area contributed by atoms with E-state index in [4.69, 9.17) is 5.11 Å². The predicted molar refractivity (Wildman–Crippen MR) is 55.5 cm³/mol. The van der Waals surface area contributed by atoms with Crippen LogP contribution < -0.4 is 5.32 Å². The van der Waals surface area contributed by atoms with Gasteiger partial charge in [-0.3, -0.25) is 4.79 Å². The van der Waals surface area contributed by atoms with Gasteiger partial charge in [0.05, 0.1) is 12.1 Å². The van der Waals surface area contributed by atoms with Crippen molar-refractivity contribution in [3.8, 4) is 0 Å². The highest BCUT2D eigenvalue weighted by molar-refractivity contribution is 5.94. The van der Waals surface area contributed by atoms with Gasteiger partial charge in [-0.15, -0.1) is 0 Å². The summed E-state index contributed by atoms with van der Waals surface area (Å²) >= 11 is 0. The molecule has 0 saturated heterocycles. The molecule has 0 spiro atoms. The van der Waals surface area contributed by atoms with Gasteiger partial charge in [-0.1, -0.05) is 0 Å². The van der Waals surface area contributed by atoms with Gasteiger partial charge in [-0.05, 0) is 18.6 Å². The summed E-state index contributed by atoms with van der Waals surface area (Å²) in [5, 5.41) is 10.1. The Balaban J connectivity index is 2.82. The number of nitrogens with one attached hydrogen (secondary N) is 1. The summed E-state index contributed by atoms with van der Waals surface area (Å²) in [5.74, 6) is -6.54. The van der Waals surface area contributed by atoms with Crippen molar-refractivity contribution in [2.45, 2.75) is 12.8 Å². The molecule has 0 aliphatic heterocycles. The molecule has 1 aromatic carbocycles. The van der Waals surface area contributed by atoms with Crippen molar-refractivity contribution < 1.29 is 27.5 Å². The van der Waals surface area contributed by atoms with Crippen LogP contribution in [0.3, 0.4) is 0 Å². The summed E-state index contributed by atoms with van der Waals surface area (Å²) in [5.41, 5.74) is -0.502. The summed E-state index contributed by atoms with van der Waals surface area (Å²) in [4.78, 5) is 11.4. The van der Waals surface area contributed by atoms with Gasteiger partial charge in [0, 0.05) is 6.07 Å². The lowest BCUT2D eigenvalue weighted by molar-refractivity contribution is -0.0462. The first-order valence-electron chi connectivity index (χ1n) is 4.99. The molecule has 0 radical (unpaired) electrons. The maximum absolute atomic E-state index is 13.2. The Bertz CT molecular complexity index is 463. The number of aliphatic hydroxyl groups excluding tert-OH is 1. The van der Waals surface area contributed by atoms with Crippen molar-refractivity contribution in [2.24, 2.45) is 0 Å². The van der Waals surface area contributed by atoms with Crippen molar-refractivity contribution in [1.82, 2.24) is 5.32 Å². The normalized spacial score (nSPS) is 11.4. The van der Waals surface area contributed by atoms with Gasteiger partial charge in [0.15, 0.2) is 0 Å². The Morgan fingerprint density at radius 1 is 1.33 bits per heavy atom. The maximum Gasteiger partial charge on any atom is 0.287 e. The van der Waals surface area contributed by atoms with Crippen molar-refractivity contribution in [3.63, 3.8) is 0 Å². The molecule has 0 fully saturated rings. The van der Waals surface area contributed by atoms with Crippen LogP contribution in [-0.2, 0) is 0 Å². The zero-order chi connectivity index (χ0) is 13.9. The first-order chi connectivity index (χ1) is 8.26. The Labute approximate surface area is 100 Å². The Hall–Kier alpha value is -1.63. The number of amides is 1. The molecule has 0 bridgehead atoms. The number of carbonyl (C=O) groups is 1. The molecule has 100 valence electrons. The predicted octanol–water partition coefficient (Wildman–Crippen LogP) is 1.63. The number of hydrogen-bond donors (Lipinski definition) is 2. The number of alkyl halides is 2. The number of rotatable bonds is 4. The van der Waals surface area contributed by atoms with Crippen molar-refractivity contribution in [1.29, 1.82) is 0 Å². The standard InChI is InChI=1S/C11H11F4NO2/c1-6-2-7(9(13)3-8(6)12)10(18)16-4-11(14,15)5-17/h2-3,17H,4-5H2,1H3,(H,16,18). The summed E-state index contributed by atoms with van der Waals surface area (Å²) in [6.07, 6.45) is 0. The Morgan fingerprint density at radius 2 is 1.94 bits per heavy atom. The number of halogens is 4. The minimum atomic E-state index is -3.48. The second-order valence-electron chi connectivity index (χ2n) is 3.78. The van der Waals surface area contributed by atoms with Crippen molar-refractivity contribution in [3.05, 3.63) is 34.9 Å². The van der Waals surface area contributed by atoms with Gasteiger partial charge >= 0.3 is 0 Å². The molecule has 1 amide bonds. The molecule has 3 nitrogen and oxygen atoms in total. The number of benzene rings is 1. The molecular formula is C11H11F4NO2. The van der Waals surface area contributed by atoms with E-state index >= 15 is 0 Å². The lowest BCUT2D eigenvalue weighted by Crippen LogP contribution is -2.39. The van der Waals surface area contributed by atoms with Crippen LogP contribution in [0.2, 0.25) is 0 Å². The van der Waals surface area contributed by atoms with Gasteiger partial charge in [0.25, 0.3) is 11.8 Å². The molecule has 0 atom stereocenters. The zero-order valence-corrected chi connectivity index (χ0v) is 9.44. The van der Waals surface area contributed by atoms with E-state index < -0.39 is 42.2 Å². The zero-order valence-electron chi connectivity index (χ0n) is 9.44. The summed E-state index contributed by atoms with van der Waals surface area (Å²) in [6.45, 7) is -1.25. The largest absolute Gasteiger partial charge is 0.390 e. The van der Waals surface area contributed by atoms with E-state index in [2.05, 4.69) is 0 Å². The van der Waals surface area contributed by atoms with Crippen LogP contribution in [0.4, 0.5) is 17.6 Å². The minimum Gasteiger partial charge on any atom is -0.390 e. The monoisotopic (exact) mass is 265 g/mol. The van der Waals surface area contributed by atoms with Gasteiger partial charge < -0.3 is 10.4 Å². The van der Waals surface area contributed by atoms with Crippen molar-refractivity contribution >= 4 is 5.91 Å². The average Bonchev–Trinajstić information content (AvgIpc) is 2.31. The second kappa shape index (κ2) is 5.34. The molecule has 0 unspecified atom stereocenters. The maximum atomic E-state index is 13.2. The van der Waals surface area contributed by atoms with Gasteiger partial charge in [-0.2, -0.15) is 0 Å². The number of carbonyl (C=O) groups excluding carboxylic acids is 1. The molecule has 0 aliphatic carbocycles. The molecule has 7 heteroatoms. The van der Waals surface area contributed by atoms with E-state index in [1.807, 2.05) is 0 Å². The molecule has 1 aromatic rings. The first kappa shape index (κ1) is 14.4. The fraction of sp³-hybridized carbons (Fsp3) is 0.364. The molecule has 0 aliphatic rings. The smallest absolute Gasteiger partial charge is 0.287 e. The molecule has 2 N–H and O–H groups in total. The molecule has 1 rings (SSSR count). The van der Waals surface area contributed by atoms with E-state index in [0.717, 1.165) is 6.07 Å². The highest BCUT2D eigenvalue weighted by atomic mass is 19.3. The quantitative estimate of drug-likeness (QED) is 0.813. The fourth-order valence-electron chi connectivity index (χ4n) is 1.19. The summed E-state index contributed by atoms with van der Waals surface area (Å²) < 4.78 is 51.5. The molecule has 0 heterocycles. The average molecular weight is 265 g/mol. The van der Waals surface area contributed by atoms with Crippen LogP contribution in [0.25, 0.3) is 0 Å². The van der Waals surface area contributed by atoms with Gasteiger partial charge in [0.2, 0.25) is 0 Å². The number of hydrogen-bond acceptors (Lipinski definition) is 2. The third-order valence-electron chi connectivity index (χ3n) is 2.23. The SMILES string of the molecule is Cc1cc(C(=O)NCC(F)(F)CO)c(F)cc1F. The highest BCUT2D eigenvalue weighted by Crippen LogP contribution is 2.15. The Kier molecular flexibility index (Phi) is 4.28. The lowest BCUT2D eigenvalue weighted by Gasteiger charge is -2.14. The van der Waals surface area contributed by atoms with Crippen molar-refractivity contribution in [2.75, 3.05) is 13.2 Å². The van der Waals surface area contributed by atoms with E-state index in [1.54, 1.807) is 5.32 Å². The van der Waals surface area contributed by atoms with Gasteiger partial charge in [-0.25, -0.2) is 17.6 Å². The molecule has 18 heavy (non-hydrogen) atoms. The minimum absolute atomic E-state index is 0.0236. The number of aliphatic hydroxyl groups is 1. The van der Waals surface area contributed by atoms with E-state index in [9.17, 15) is 22.4 Å². The van der Waals surface area contributed by atoms with Crippen LogP contribution in [0, 0.1) is 18.6 Å². The first-order valence-corrected chi connectivity index (χ1v) is 4.99. The number of aryl methyl sites for hydroxylation is 1. The third kappa shape index (κ3) is 3.43. The van der Waals surface area contributed by atoms with Crippen LogP contribution >= 0.6 is 0 Å². The van der Waals surface area contributed by atoms with Crippen LogP contribution in [0.5, 0.6) is 0 Å². The molecule has 0 saturated carbocycles. The van der Waals surface area contributed by atoms with E-state index in [0.29, 0.717) is 6.07 Å². The highest BCUT2D eigenvalue weighted by Gasteiger charge is 2.28. The fourth-order valence-corrected chi connectivity index (χ4v) is 1.19. The van der Waals surface area contributed by atoms with E-state index in [1.165, 1.54) is 6.92 Å². The van der Waals surface area contributed by atoms with E-state index in [-0.39, 0.29) is 5.56 Å². The van der Waals surface area contributed by atoms with Gasteiger partial charge in [0.1, 0.15) is 18.2 Å². The molecule has 0 aromatic heterocycles. The molecular weight excluding hydrogens is 254 g/mol. The van der Waals surface area contributed by atoms with Crippen LogP contribution in [0.1, 0.15) is 15.9 Å². The summed E-state index contributed by atoms with van der Waals surface area (Å²) in [7, 11) is 0. The van der Waals surface area contributed by atoms with Crippen LogP contribution in [0.15, 0.2) is 12.1 Å². The summed E-state index contributed by atoms with van der Waals surface area (Å²) in [6, 6.07) is 1.44.